The molecule has 96 valence electrons. The summed E-state index contributed by atoms with van der Waals surface area (Å²) in [6, 6.07) is 0. The molecule has 2 aliphatic carbocycles. The number of hydrogen-bond acceptors (Lipinski definition) is 5. The Hall–Kier alpha value is -2.44. The van der Waals surface area contributed by atoms with E-state index in [1.807, 2.05) is 0 Å². The number of carboxylic acid groups (broad SMARTS) is 1. The van der Waals surface area contributed by atoms with Crippen molar-refractivity contribution in [3.63, 3.8) is 0 Å². The molecule has 0 amide bonds. The minimum absolute atomic E-state index is 0.108. The van der Waals surface area contributed by atoms with E-state index in [9.17, 15) is 9.90 Å². The molecule has 2 aromatic rings. The minimum Gasteiger partial charge on any atom is -0.492 e. The lowest BCUT2D eigenvalue weighted by Crippen LogP contribution is -2.06. The van der Waals surface area contributed by atoms with E-state index in [2.05, 4.69) is 15.1 Å². The number of aromatic nitrogens is 4. The van der Waals surface area contributed by atoms with Crippen LogP contribution >= 0.6 is 0 Å². The Bertz CT molecular complexity index is 692. The predicted octanol–water partition coefficient (Wildman–Crippen LogP) is 0.726. The fourth-order valence-corrected chi connectivity index (χ4v) is 2.89. The van der Waals surface area contributed by atoms with Gasteiger partial charge in [-0.2, -0.15) is 5.10 Å². The number of rotatable bonds is 2. The normalized spacial score (nSPS) is 22.9. The topological polar surface area (TPSA) is 101 Å². The Labute approximate surface area is 107 Å². The lowest BCUT2D eigenvalue weighted by Gasteiger charge is -2.04. The van der Waals surface area contributed by atoms with Gasteiger partial charge in [-0.3, -0.25) is 0 Å². The second-order valence-corrected chi connectivity index (χ2v) is 4.97. The van der Waals surface area contributed by atoms with E-state index in [-0.39, 0.29) is 11.6 Å². The van der Waals surface area contributed by atoms with Crippen LogP contribution in [-0.2, 0) is 6.42 Å². The molecule has 0 spiro atoms. The highest BCUT2D eigenvalue weighted by atomic mass is 16.4. The van der Waals surface area contributed by atoms with Crippen LogP contribution in [0.3, 0.4) is 0 Å². The van der Waals surface area contributed by atoms with Crippen LogP contribution in [0.5, 0.6) is 5.88 Å². The van der Waals surface area contributed by atoms with Crippen molar-refractivity contribution in [1.29, 1.82) is 0 Å². The van der Waals surface area contributed by atoms with Gasteiger partial charge in [0.1, 0.15) is 0 Å². The van der Waals surface area contributed by atoms with Crippen LogP contribution in [0.25, 0.3) is 5.82 Å². The molecule has 0 radical (unpaired) electrons. The largest absolute Gasteiger partial charge is 0.492 e. The molecule has 7 heteroatoms. The van der Waals surface area contributed by atoms with Crippen molar-refractivity contribution in [2.75, 3.05) is 0 Å². The maximum Gasteiger partial charge on any atom is 0.356 e. The SMILES string of the molecule is O=C(O)c1nn(-c2cnc(O)cn2)c2c1C[C@H]1C[C@@H]21. The maximum atomic E-state index is 11.2. The third-order valence-corrected chi connectivity index (χ3v) is 3.81. The number of carboxylic acids is 1. The molecule has 2 heterocycles. The number of carbonyl (C=O) groups is 1. The van der Waals surface area contributed by atoms with Crippen molar-refractivity contribution in [3.05, 3.63) is 29.3 Å². The lowest BCUT2D eigenvalue weighted by molar-refractivity contribution is 0.0688. The first-order valence-corrected chi connectivity index (χ1v) is 6.01. The fourth-order valence-electron chi connectivity index (χ4n) is 2.89. The minimum atomic E-state index is -1.01. The predicted molar refractivity (Wildman–Crippen MR) is 62.3 cm³/mol. The molecule has 0 bridgehead atoms. The van der Waals surface area contributed by atoms with Crippen LogP contribution in [0.1, 0.15) is 34.1 Å². The first-order valence-electron chi connectivity index (χ1n) is 6.01. The first-order chi connectivity index (χ1) is 9.15. The zero-order valence-electron chi connectivity index (χ0n) is 9.82. The van der Waals surface area contributed by atoms with E-state index < -0.39 is 5.97 Å². The van der Waals surface area contributed by atoms with Crippen molar-refractivity contribution in [1.82, 2.24) is 19.7 Å². The molecule has 0 aliphatic heterocycles. The summed E-state index contributed by atoms with van der Waals surface area (Å²) in [7, 11) is 0. The molecule has 0 aromatic carbocycles. The molecule has 0 unspecified atom stereocenters. The Balaban J connectivity index is 1.91. The Kier molecular flexibility index (Phi) is 1.83. The highest BCUT2D eigenvalue weighted by Crippen LogP contribution is 2.57. The third kappa shape index (κ3) is 1.38. The smallest absolute Gasteiger partial charge is 0.356 e. The summed E-state index contributed by atoms with van der Waals surface area (Å²) < 4.78 is 1.56. The average Bonchev–Trinajstić information content (AvgIpc) is 2.89. The standard InChI is InChI=1S/C12H10N4O3/c17-9-4-13-8(3-14-9)16-11-6-1-5(6)2-7(11)10(15-16)12(18)19/h3-6H,1-2H2,(H,14,17)(H,18,19)/t5-,6-/m1/s1. The molecular weight excluding hydrogens is 248 g/mol. The van der Waals surface area contributed by atoms with E-state index in [1.165, 1.54) is 12.4 Å². The zero-order chi connectivity index (χ0) is 13.1. The summed E-state index contributed by atoms with van der Waals surface area (Å²) >= 11 is 0. The summed E-state index contributed by atoms with van der Waals surface area (Å²) in [5, 5.41) is 22.5. The van der Waals surface area contributed by atoms with Crippen LogP contribution in [0.4, 0.5) is 0 Å². The number of aromatic hydroxyl groups is 1. The van der Waals surface area contributed by atoms with Crippen molar-refractivity contribution >= 4 is 5.97 Å². The number of fused-ring (bicyclic) bond motifs is 3. The first kappa shape index (κ1) is 10.5. The second-order valence-electron chi connectivity index (χ2n) is 4.97. The van der Waals surface area contributed by atoms with Gasteiger partial charge in [0.25, 0.3) is 0 Å². The highest BCUT2D eigenvalue weighted by molar-refractivity contribution is 5.88. The summed E-state index contributed by atoms with van der Waals surface area (Å²) in [5.74, 6) is 0.209. The van der Waals surface area contributed by atoms with Gasteiger partial charge in [-0.15, -0.1) is 0 Å². The van der Waals surface area contributed by atoms with Gasteiger partial charge in [-0.1, -0.05) is 0 Å². The molecule has 1 saturated carbocycles. The highest BCUT2D eigenvalue weighted by Gasteiger charge is 2.50. The fraction of sp³-hybridized carbons (Fsp3) is 0.333. The number of aromatic carboxylic acids is 1. The summed E-state index contributed by atoms with van der Waals surface area (Å²) in [5.41, 5.74) is 1.88. The van der Waals surface area contributed by atoms with Gasteiger partial charge in [0, 0.05) is 11.5 Å². The van der Waals surface area contributed by atoms with E-state index in [1.54, 1.807) is 4.68 Å². The van der Waals surface area contributed by atoms with Crippen LogP contribution in [0.15, 0.2) is 12.4 Å². The van der Waals surface area contributed by atoms with Gasteiger partial charge >= 0.3 is 5.97 Å². The van der Waals surface area contributed by atoms with Gasteiger partial charge < -0.3 is 10.2 Å². The maximum absolute atomic E-state index is 11.2. The van der Waals surface area contributed by atoms with Crippen molar-refractivity contribution in [3.8, 4) is 11.7 Å². The lowest BCUT2D eigenvalue weighted by atomic mass is 10.1. The average molecular weight is 258 g/mol. The van der Waals surface area contributed by atoms with Gasteiger partial charge in [-0.05, 0) is 18.8 Å². The molecule has 2 atom stereocenters. The number of hydrogen-bond donors (Lipinski definition) is 2. The zero-order valence-corrected chi connectivity index (χ0v) is 9.82. The second kappa shape index (κ2) is 3.31. The van der Waals surface area contributed by atoms with E-state index in [0.29, 0.717) is 17.7 Å². The molecular formula is C12H10N4O3. The van der Waals surface area contributed by atoms with Crippen molar-refractivity contribution < 1.29 is 15.0 Å². The van der Waals surface area contributed by atoms with Gasteiger partial charge in [0.2, 0.25) is 5.88 Å². The van der Waals surface area contributed by atoms with E-state index in [4.69, 9.17) is 5.11 Å². The monoisotopic (exact) mass is 258 g/mol. The van der Waals surface area contributed by atoms with Gasteiger partial charge in [0.05, 0.1) is 18.1 Å². The van der Waals surface area contributed by atoms with Gasteiger partial charge in [-0.25, -0.2) is 19.4 Å². The molecule has 19 heavy (non-hydrogen) atoms. The Morgan fingerprint density at radius 3 is 2.89 bits per heavy atom. The molecule has 2 aliphatic rings. The molecule has 7 nitrogen and oxygen atoms in total. The van der Waals surface area contributed by atoms with Gasteiger partial charge in [0.15, 0.2) is 11.5 Å². The Morgan fingerprint density at radius 1 is 1.37 bits per heavy atom. The third-order valence-electron chi connectivity index (χ3n) is 3.81. The quantitative estimate of drug-likeness (QED) is 0.823. The van der Waals surface area contributed by atoms with Crippen LogP contribution in [0.2, 0.25) is 0 Å². The summed E-state index contributed by atoms with van der Waals surface area (Å²) in [6.07, 6.45) is 4.49. The van der Waals surface area contributed by atoms with Crippen molar-refractivity contribution in [2.45, 2.75) is 18.8 Å². The molecule has 2 aromatic heterocycles. The summed E-state index contributed by atoms with van der Waals surface area (Å²) in [4.78, 5) is 19.0. The Morgan fingerprint density at radius 2 is 2.21 bits per heavy atom. The molecule has 4 rings (SSSR count). The van der Waals surface area contributed by atoms with E-state index >= 15 is 0 Å². The molecule has 2 N–H and O–H groups in total. The number of nitrogens with zero attached hydrogens (tertiary/aromatic N) is 4. The van der Waals surface area contributed by atoms with Crippen LogP contribution in [0, 0.1) is 5.92 Å². The summed E-state index contributed by atoms with van der Waals surface area (Å²) in [6.45, 7) is 0. The van der Waals surface area contributed by atoms with Crippen molar-refractivity contribution in [2.24, 2.45) is 5.92 Å². The molecule has 0 saturated heterocycles. The van der Waals surface area contributed by atoms with E-state index in [0.717, 1.165) is 24.1 Å². The van der Waals surface area contributed by atoms with Crippen LogP contribution < -0.4 is 0 Å². The van der Waals surface area contributed by atoms with Crippen LogP contribution in [-0.4, -0.2) is 35.9 Å². The molecule has 1 fully saturated rings.